The summed E-state index contributed by atoms with van der Waals surface area (Å²) in [5.41, 5.74) is 1.44. The Bertz CT molecular complexity index is 689. The van der Waals surface area contributed by atoms with Gasteiger partial charge in [0.2, 0.25) is 0 Å². The summed E-state index contributed by atoms with van der Waals surface area (Å²) >= 11 is 0. The number of hydrogen-bond acceptors (Lipinski definition) is 4. The first-order valence-corrected chi connectivity index (χ1v) is 6.51. The predicted octanol–water partition coefficient (Wildman–Crippen LogP) is 3.16. The van der Waals surface area contributed by atoms with Crippen LogP contribution >= 0.6 is 0 Å². The smallest absolute Gasteiger partial charge is 0.174 e. The molecule has 0 aliphatic heterocycles. The number of aryl methyl sites for hydroxylation is 1. The molecule has 0 bridgehead atoms. The highest BCUT2D eigenvalue weighted by Gasteiger charge is 2.17. The number of carbonyl (C=O) groups is 2. The molecule has 108 valence electrons. The van der Waals surface area contributed by atoms with E-state index in [0.29, 0.717) is 11.3 Å². The molecule has 0 atom stereocenters. The number of phenols is 1. The molecule has 0 heterocycles. The second kappa shape index (κ2) is 6.22. The summed E-state index contributed by atoms with van der Waals surface area (Å²) in [6.07, 6.45) is -0.288. The van der Waals surface area contributed by atoms with E-state index in [4.69, 9.17) is 4.74 Å². The Labute approximate surface area is 123 Å². The maximum Gasteiger partial charge on any atom is 0.174 e. The first-order chi connectivity index (χ1) is 10.0. The standard InChI is InChI=1S/C17H16O4/c1-11-6-7-15(18)14(8-11)17(20)10-16(19)12-4-3-5-13(9-12)21-2/h3-9,18H,10H2,1-2H3. The Kier molecular flexibility index (Phi) is 4.38. The van der Waals surface area contributed by atoms with Gasteiger partial charge in [-0.2, -0.15) is 0 Å². The van der Waals surface area contributed by atoms with E-state index in [9.17, 15) is 14.7 Å². The minimum Gasteiger partial charge on any atom is -0.507 e. The van der Waals surface area contributed by atoms with E-state index < -0.39 is 5.78 Å². The van der Waals surface area contributed by atoms with Crippen LogP contribution in [0.3, 0.4) is 0 Å². The largest absolute Gasteiger partial charge is 0.507 e. The highest BCUT2D eigenvalue weighted by Crippen LogP contribution is 2.21. The fourth-order valence-electron chi connectivity index (χ4n) is 2.01. The highest BCUT2D eigenvalue weighted by atomic mass is 16.5. The van der Waals surface area contributed by atoms with Crippen molar-refractivity contribution in [3.63, 3.8) is 0 Å². The van der Waals surface area contributed by atoms with Crippen molar-refractivity contribution < 1.29 is 19.4 Å². The molecule has 1 N–H and O–H groups in total. The van der Waals surface area contributed by atoms with Crippen LogP contribution in [-0.4, -0.2) is 23.8 Å². The van der Waals surface area contributed by atoms with E-state index in [-0.39, 0.29) is 23.5 Å². The lowest BCUT2D eigenvalue weighted by atomic mass is 9.99. The molecule has 21 heavy (non-hydrogen) atoms. The fraction of sp³-hybridized carbons (Fsp3) is 0.176. The number of aromatic hydroxyl groups is 1. The van der Waals surface area contributed by atoms with Crippen molar-refractivity contribution in [1.29, 1.82) is 0 Å². The Morgan fingerprint density at radius 3 is 2.57 bits per heavy atom. The zero-order chi connectivity index (χ0) is 15.4. The molecule has 4 nitrogen and oxygen atoms in total. The average molecular weight is 284 g/mol. The van der Waals surface area contributed by atoms with Gasteiger partial charge in [-0.1, -0.05) is 23.8 Å². The summed E-state index contributed by atoms with van der Waals surface area (Å²) < 4.78 is 5.05. The summed E-state index contributed by atoms with van der Waals surface area (Å²) in [7, 11) is 1.51. The van der Waals surface area contributed by atoms with Crippen molar-refractivity contribution in [2.24, 2.45) is 0 Å². The quantitative estimate of drug-likeness (QED) is 0.676. The Hall–Kier alpha value is -2.62. The lowest BCUT2D eigenvalue weighted by Gasteiger charge is -2.06. The maximum absolute atomic E-state index is 12.1. The number of benzene rings is 2. The van der Waals surface area contributed by atoms with Crippen molar-refractivity contribution >= 4 is 11.6 Å². The number of hydrogen-bond donors (Lipinski definition) is 1. The number of carbonyl (C=O) groups excluding carboxylic acids is 2. The van der Waals surface area contributed by atoms with Crippen LogP contribution in [-0.2, 0) is 0 Å². The second-order valence-electron chi connectivity index (χ2n) is 4.78. The molecule has 2 aromatic rings. The Morgan fingerprint density at radius 2 is 1.86 bits per heavy atom. The Balaban J connectivity index is 2.18. The highest BCUT2D eigenvalue weighted by molar-refractivity contribution is 6.14. The molecule has 0 spiro atoms. The average Bonchev–Trinajstić information content (AvgIpc) is 2.49. The lowest BCUT2D eigenvalue weighted by molar-refractivity contribution is 0.0893. The first-order valence-electron chi connectivity index (χ1n) is 6.51. The third-order valence-corrected chi connectivity index (χ3v) is 3.17. The van der Waals surface area contributed by atoms with Gasteiger partial charge in [0.15, 0.2) is 11.6 Å². The number of methoxy groups -OCH3 is 1. The van der Waals surface area contributed by atoms with Gasteiger partial charge in [0.1, 0.15) is 11.5 Å². The molecule has 0 saturated carbocycles. The van der Waals surface area contributed by atoms with Crippen LogP contribution in [0.1, 0.15) is 32.7 Å². The van der Waals surface area contributed by atoms with Crippen molar-refractivity contribution in [2.75, 3.05) is 7.11 Å². The van der Waals surface area contributed by atoms with E-state index in [1.165, 1.54) is 13.2 Å². The molecule has 0 aliphatic rings. The molecular weight excluding hydrogens is 268 g/mol. The number of ether oxygens (including phenoxy) is 1. The van der Waals surface area contributed by atoms with Crippen molar-refractivity contribution in [3.05, 3.63) is 59.2 Å². The summed E-state index contributed by atoms with van der Waals surface area (Å²) in [5.74, 6) is -0.250. The number of ketones is 2. The fourth-order valence-corrected chi connectivity index (χ4v) is 2.01. The molecule has 0 amide bonds. The van der Waals surface area contributed by atoms with Crippen molar-refractivity contribution in [1.82, 2.24) is 0 Å². The molecule has 0 saturated heterocycles. The van der Waals surface area contributed by atoms with Gasteiger partial charge < -0.3 is 9.84 Å². The molecular formula is C17H16O4. The van der Waals surface area contributed by atoms with Gasteiger partial charge in [0.25, 0.3) is 0 Å². The normalized spacial score (nSPS) is 10.2. The van der Waals surface area contributed by atoms with E-state index in [0.717, 1.165) is 5.56 Å². The number of Topliss-reactive ketones (excluding diaryl/α,β-unsaturated/α-hetero) is 2. The monoisotopic (exact) mass is 284 g/mol. The van der Waals surface area contributed by atoms with Crippen LogP contribution in [0.2, 0.25) is 0 Å². The maximum atomic E-state index is 12.1. The molecule has 0 unspecified atom stereocenters. The molecule has 0 aromatic heterocycles. The number of phenolic OH excluding ortho intramolecular Hbond substituents is 1. The van der Waals surface area contributed by atoms with Crippen LogP contribution in [0.25, 0.3) is 0 Å². The predicted molar refractivity (Wildman–Crippen MR) is 79.1 cm³/mol. The number of rotatable bonds is 5. The third-order valence-electron chi connectivity index (χ3n) is 3.17. The minimum absolute atomic E-state index is 0.107. The first kappa shape index (κ1) is 14.8. The van der Waals surface area contributed by atoms with E-state index >= 15 is 0 Å². The van der Waals surface area contributed by atoms with Crippen LogP contribution in [0.5, 0.6) is 11.5 Å². The zero-order valence-corrected chi connectivity index (χ0v) is 11.9. The Morgan fingerprint density at radius 1 is 1.10 bits per heavy atom. The molecule has 0 fully saturated rings. The van der Waals surface area contributed by atoms with Crippen LogP contribution in [0.4, 0.5) is 0 Å². The summed E-state index contributed by atoms with van der Waals surface area (Å²) in [4.78, 5) is 24.3. The van der Waals surface area contributed by atoms with Crippen LogP contribution in [0.15, 0.2) is 42.5 Å². The van der Waals surface area contributed by atoms with Crippen molar-refractivity contribution in [2.45, 2.75) is 13.3 Å². The van der Waals surface area contributed by atoms with Gasteiger partial charge in [0.05, 0.1) is 19.1 Å². The van der Waals surface area contributed by atoms with E-state index in [2.05, 4.69) is 0 Å². The van der Waals surface area contributed by atoms with Gasteiger partial charge >= 0.3 is 0 Å². The van der Waals surface area contributed by atoms with Gasteiger partial charge in [-0.3, -0.25) is 9.59 Å². The molecule has 2 aromatic carbocycles. The van der Waals surface area contributed by atoms with E-state index in [1.807, 2.05) is 6.92 Å². The van der Waals surface area contributed by atoms with Gasteiger partial charge in [0, 0.05) is 5.56 Å². The topological polar surface area (TPSA) is 63.6 Å². The van der Waals surface area contributed by atoms with Gasteiger partial charge in [-0.05, 0) is 31.2 Å². The van der Waals surface area contributed by atoms with Crippen LogP contribution in [0, 0.1) is 6.92 Å². The SMILES string of the molecule is COc1cccc(C(=O)CC(=O)c2cc(C)ccc2O)c1. The summed E-state index contributed by atoms with van der Waals surface area (Å²) in [6.45, 7) is 1.82. The molecule has 2 rings (SSSR count). The van der Waals surface area contributed by atoms with Gasteiger partial charge in [-0.25, -0.2) is 0 Å². The van der Waals surface area contributed by atoms with Crippen molar-refractivity contribution in [3.8, 4) is 11.5 Å². The lowest BCUT2D eigenvalue weighted by Crippen LogP contribution is -2.09. The summed E-state index contributed by atoms with van der Waals surface area (Å²) in [5, 5.41) is 9.72. The third kappa shape index (κ3) is 3.48. The zero-order valence-electron chi connectivity index (χ0n) is 11.9. The van der Waals surface area contributed by atoms with Crippen LogP contribution < -0.4 is 4.74 Å². The minimum atomic E-state index is -0.399. The van der Waals surface area contributed by atoms with E-state index in [1.54, 1.807) is 36.4 Å². The second-order valence-corrected chi connectivity index (χ2v) is 4.78. The molecule has 0 radical (unpaired) electrons. The molecule has 4 heteroatoms. The molecule has 0 aliphatic carbocycles. The van der Waals surface area contributed by atoms with Gasteiger partial charge in [-0.15, -0.1) is 0 Å². The summed E-state index contributed by atoms with van der Waals surface area (Å²) in [6, 6.07) is 11.4.